The molecule has 0 bridgehead atoms. The van der Waals surface area contributed by atoms with Gasteiger partial charge in [-0.3, -0.25) is 9.78 Å². The van der Waals surface area contributed by atoms with Gasteiger partial charge in [0.05, 0.1) is 18.7 Å². The quantitative estimate of drug-likeness (QED) is 0.383. The van der Waals surface area contributed by atoms with Crippen LogP contribution in [0.15, 0.2) is 48.5 Å². The summed E-state index contributed by atoms with van der Waals surface area (Å²) in [7, 11) is 1.60. The summed E-state index contributed by atoms with van der Waals surface area (Å²) in [6.07, 6.45) is 3.31. The van der Waals surface area contributed by atoms with E-state index in [4.69, 9.17) is 19.2 Å². The molecule has 3 aromatic rings. The Labute approximate surface area is 229 Å². The molecule has 7 heteroatoms. The molecule has 1 unspecified atom stereocenters. The molecular formula is C32H37NO6. The third kappa shape index (κ3) is 4.79. The van der Waals surface area contributed by atoms with E-state index in [0.717, 1.165) is 41.6 Å². The SMILES string of the molecule is CCCCc1ccc2c(n1)C(O)(c1ccc(OC)cc1C[C@H](C)CO)[C@H](C(C)=O)[C@H]2c1ccc2c(c1)OCO2. The number of carbonyl (C=O) groups excluding carboxylic acids is 1. The number of pyridine rings is 1. The molecule has 5 rings (SSSR count). The van der Waals surface area contributed by atoms with Crippen LogP contribution in [-0.4, -0.2) is 41.5 Å². The zero-order chi connectivity index (χ0) is 27.7. The first-order chi connectivity index (χ1) is 18.8. The third-order valence-corrected chi connectivity index (χ3v) is 8.05. The smallest absolute Gasteiger partial charge is 0.231 e. The van der Waals surface area contributed by atoms with Crippen molar-refractivity contribution in [1.29, 1.82) is 0 Å². The van der Waals surface area contributed by atoms with E-state index in [2.05, 4.69) is 6.92 Å². The minimum absolute atomic E-state index is 0.00103. The second-order valence-electron chi connectivity index (χ2n) is 10.8. The Kier molecular flexibility index (Phi) is 7.65. The van der Waals surface area contributed by atoms with Gasteiger partial charge < -0.3 is 24.4 Å². The number of unbranched alkanes of at least 4 members (excludes halogenated alkanes) is 1. The predicted octanol–water partition coefficient (Wildman–Crippen LogP) is 4.92. The van der Waals surface area contributed by atoms with Crippen molar-refractivity contribution >= 4 is 5.78 Å². The molecule has 2 aromatic carbocycles. The Morgan fingerprint density at radius 2 is 1.95 bits per heavy atom. The van der Waals surface area contributed by atoms with Crippen molar-refractivity contribution < 1.29 is 29.2 Å². The molecule has 0 amide bonds. The molecule has 7 nitrogen and oxygen atoms in total. The summed E-state index contributed by atoms with van der Waals surface area (Å²) in [4.78, 5) is 18.6. The molecule has 1 aromatic heterocycles. The topological polar surface area (TPSA) is 98.1 Å². The van der Waals surface area contributed by atoms with Gasteiger partial charge in [-0.1, -0.05) is 38.5 Å². The number of aliphatic hydroxyl groups is 2. The average molecular weight is 532 g/mol. The molecule has 0 saturated heterocycles. The zero-order valence-corrected chi connectivity index (χ0v) is 23.1. The van der Waals surface area contributed by atoms with Crippen LogP contribution >= 0.6 is 0 Å². The number of ketones is 1. The lowest BCUT2D eigenvalue weighted by atomic mass is 9.73. The number of aromatic nitrogens is 1. The minimum atomic E-state index is -1.68. The van der Waals surface area contributed by atoms with E-state index in [1.165, 1.54) is 0 Å². The summed E-state index contributed by atoms with van der Waals surface area (Å²) in [6.45, 7) is 5.78. The highest BCUT2D eigenvalue weighted by molar-refractivity contribution is 5.84. The molecule has 0 saturated carbocycles. The Bertz CT molecular complexity index is 1370. The Hall–Kier alpha value is -3.42. The van der Waals surface area contributed by atoms with E-state index in [1.807, 2.05) is 55.5 Å². The van der Waals surface area contributed by atoms with Gasteiger partial charge in [0.25, 0.3) is 0 Å². The number of Topliss-reactive ketones (excluding diaryl/α,β-unsaturated/α-hetero) is 1. The van der Waals surface area contributed by atoms with Gasteiger partial charge in [-0.05, 0) is 84.7 Å². The first kappa shape index (κ1) is 27.2. The average Bonchev–Trinajstić information content (AvgIpc) is 3.51. The number of hydrogen-bond donors (Lipinski definition) is 2. The van der Waals surface area contributed by atoms with E-state index in [-0.39, 0.29) is 25.1 Å². The number of ether oxygens (including phenoxy) is 3. The zero-order valence-electron chi connectivity index (χ0n) is 23.1. The van der Waals surface area contributed by atoms with Crippen LogP contribution in [-0.2, 0) is 23.2 Å². The lowest BCUT2D eigenvalue weighted by Crippen LogP contribution is -2.40. The maximum Gasteiger partial charge on any atom is 0.231 e. The van der Waals surface area contributed by atoms with Crippen molar-refractivity contribution in [2.75, 3.05) is 20.5 Å². The standard InChI is InChI=1S/C32H37NO6/c1-5-6-7-23-9-11-25-29(21-8-13-27-28(16-21)39-18-38-27)30(20(3)35)32(36,31(25)33-23)26-12-10-24(37-4)15-22(26)14-19(2)17-34/h8-13,15-16,19,29-30,34,36H,5-7,14,17-18H2,1-4H3/t19-,29-,30+,32?/m0/s1. The van der Waals surface area contributed by atoms with Crippen LogP contribution in [0.25, 0.3) is 0 Å². The Balaban J connectivity index is 1.75. The molecule has 39 heavy (non-hydrogen) atoms. The number of methoxy groups -OCH3 is 1. The third-order valence-electron chi connectivity index (χ3n) is 8.05. The number of rotatable bonds is 10. The van der Waals surface area contributed by atoms with Crippen LogP contribution in [0.4, 0.5) is 0 Å². The highest BCUT2D eigenvalue weighted by atomic mass is 16.7. The second-order valence-corrected chi connectivity index (χ2v) is 10.8. The molecule has 206 valence electrons. The molecule has 0 fully saturated rings. The van der Waals surface area contributed by atoms with Crippen molar-refractivity contribution in [3.05, 3.63) is 82.2 Å². The highest BCUT2D eigenvalue weighted by Crippen LogP contribution is 2.56. The largest absolute Gasteiger partial charge is 0.497 e. The second kappa shape index (κ2) is 11.0. The van der Waals surface area contributed by atoms with Crippen LogP contribution in [0.5, 0.6) is 17.2 Å². The van der Waals surface area contributed by atoms with Crippen LogP contribution in [0.2, 0.25) is 0 Å². The van der Waals surface area contributed by atoms with Crippen LogP contribution in [0.1, 0.15) is 73.2 Å². The molecule has 1 aliphatic carbocycles. The molecule has 4 atom stereocenters. The van der Waals surface area contributed by atoms with Gasteiger partial charge >= 0.3 is 0 Å². The summed E-state index contributed by atoms with van der Waals surface area (Å²) in [5, 5.41) is 22.8. The predicted molar refractivity (Wildman–Crippen MR) is 147 cm³/mol. The fourth-order valence-electron chi connectivity index (χ4n) is 6.11. The van der Waals surface area contributed by atoms with Crippen molar-refractivity contribution in [3.63, 3.8) is 0 Å². The number of benzene rings is 2. The van der Waals surface area contributed by atoms with Gasteiger partial charge in [-0.25, -0.2) is 0 Å². The number of hydrogen-bond acceptors (Lipinski definition) is 7. The number of carbonyl (C=O) groups is 1. The van der Waals surface area contributed by atoms with E-state index in [9.17, 15) is 15.0 Å². The fourth-order valence-corrected chi connectivity index (χ4v) is 6.11. The molecule has 0 radical (unpaired) electrons. The van der Waals surface area contributed by atoms with Crippen LogP contribution in [0.3, 0.4) is 0 Å². The van der Waals surface area contributed by atoms with Crippen molar-refractivity contribution in [2.45, 2.75) is 58.0 Å². The molecule has 2 heterocycles. The van der Waals surface area contributed by atoms with Gasteiger partial charge in [0.2, 0.25) is 6.79 Å². The van der Waals surface area contributed by atoms with Crippen LogP contribution in [0, 0.1) is 11.8 Å². The monoisotopic (exact) mass is 531 g/mol. The molecule has 1 aliphatic heterocycles. The van der Waals surface area contributed by atoms with E-state index < -0.39 is 17.4 Å². The van der Waals surface area contributed by atoms with Crippen molar-refractivity contribution in [2.24, 2.45) is 11.8 Å². The molecule has 2 aliphatic rings. The summed E-state index contributed by atoms with van der Waals surface area (Å²) in [5.41, 5.74) is 2.85. The van der Waals surface area contributed by atoms with Crippen LogP contribution < -0.4 is 14.2 Å². The highest BCUT2D eigenvalue weighted by Gasteiger charge is 2.57. The first-order valence-corrected chi connectivity index (χ1v) is 13.7. The Morgan fingerprint density at radius 1 is 1.15 bits per heavy atom. The number of aliphatic hydroxyl groups excluding tert-OH is 1. The summed E-state index contributed by atoms with van der Waals surface area (Å²) in [6, 6.07) is 15.3. The Morgan fingerprint density at radius 3 is 2.67 bits per heavy atom. The summed E-state index contributed by atoms with van der Waals surface area (Å²) >= 11 is 0. The van der Waals surface area contributed by atoms with E-state index >= 15 is 0 Å². The lowest BCUT2D eigenvalue weighted by Gasteiger charge is -2.34. The number of fused-ring (bicyclic) bond motifs is 2. The van der Waals surface area contributed by atoms with Crippen molar-refractivity contribution in [3.8, 4) is 17.2 Å². The molecule has 0 spiro atoms. The van der Waals surface area contributed by atoms with Gasteiger partial charge in [-0.15, -0.1) is 0 Å². The lowest BCUT2D eigenvalue weighted by molar-refractivity contribution is -0.128. The van der Waals surface area contributed by atoms with Crippen molar-refractivity contribution in [1.82, 2.24) is 4.98 Å². The summed E-state index contributed by atoms with van der Waals surface area (Å²) in [5.74, 6) is 0.497. The van der Waals surface area contributed by atoms with Gasteiger partial charge in [0.1, 0.15) is 17.1 Å². The van der Waals surface area contributed by atoms with Gasteiger partial charge in [-0.2, -0.15) is 0 Å². The molecular weight excluding hydrogens is 494 g/mol. The van der Waals surface area contributed by atoms with E-state index in [0.29, 0.717) is 34.9 Å². The minimum Gasteiger partial charge on any atom is -0.497 e. The maximum absolute atomic E-state index is 13.6. The van der Waals surface area contributed by atoms with Gasteiger partial charge in [0.15, 0.2) is 11.5 Å². The molecule has 2 N–H and O–H groups in total. The first-order valence-electron chi connectivity index (χ1n) is 13.7. The van der Waals surface area contributed by atoms with Gasteiger partial charge in [0, 0.05) is 18.2 Å². The maximum atomic E-state index is 13.6. The normalized spacial score (nSPS) is 22.0. The number of aryl methyl sites for hydroxylation is 1. The number of nitrogens with zero attached hydrogens (tertiary/aromatic N) is 1. The summed E-state index contributed by atoms with van der Waals surface area (Å²) < 4.78 is 16.7. The fraction of sp³-hybridized carbons (Fsp3) is 0.438. The van der Waals surface area contributed by atoms with E-state index in [1.54, 1.807) is 14.0 Å².